The van der Waals surface area contributed by atoms with E-state index in [0.717, 1.165) is 12.1 Å². The molecule has 0 heterocycles. The van der Waals surface area contributed by atoms with Gasteiger partial charge in [0.2, 0.25) is 0 Å². The van der Waals surface area contributed by atoms with Crippen LogP contribution >= 0.6 is 23.2 Å². The Morgan fingerprint density at radius 3 is 2.40 bits per heavy atom. The van der Waals surface area contributed by atoms with Crippen molar-refractivity contribution in [3.63, 3.8) is 0 Å². The largest absolute Gasteiger partial charge is 0.495 e. The second kappa shape index (κ2) is 6.98. The quantitative estimate of drug-likeness (QED) is 0.871. The topological polar surface area (TPSA) is 21.3 Å². The van der Waals surface area contributed by atoms with Gasteiger partial charge >= 0.3 is 0 Å². The second-order valence-corrected chi connectivity index (χ2v) is 5.51. The summed E-state index contributed by atoms with van der Waals surface area (Å²) in [5.41, 5.74) is 3.46. The molecule has 0 radical (unpaired) electrons. The van der Waals surface area contributed by atoms with Crippen molar-refractivity contribution in [1.82, 2.24) is 5.32 Å². The van der Waals surface area contributed by atoms with Gasteiger partial charge in [0, 0.05) is 23.7 Å². The average molecular weight is 310 g/mol. The maximum Gasteiger partial charge on any atom is 0.142 e. The van der Waals surface area contributed by atoms with E-state index in [1.165, 1.54) is 11.1 Å². The minimum atomic E-state index is 0.534. The molecule has 0 aliphatic heterocycles. The van der Waals surface area contributed by atoms with Crippen molar-refractivity contribution in [3.05, 3.63) is 63.1 Å². The molecule has 2 aromatic carbocycles. The molecular weight excluding hydrogens is 293 g/mol. The van der Waals surface area contributed by atoms with Gasteiger partial charge in [-0.1, -0.05) is 53.0 Å². The van der Waals surface area contributed by atoms with E-state index in [1.807, 2.05) is 6.07 Å². The zero-order valence-corrected chi connectivity index (χ0v) is 13.1. The summed E-state index contributed by atoms with van der Waals surface area (Å²) < 4.78 is 5.32. The molecule has 0 spiro atoms. The first kappa shape index (κ1) is 15.2. The molecule has 4 heteroatoms. The van der Waals surface area contributed by atoms with Crippen molar-refractivity contribution in [2.45, 2.75) is 20.0 Å². The van der Waals surface area contributed by atoms with Crippen molar-refractivity contribution in [1.29, 1.82) is 0 Å². The monoisotopic (exact) mass is 309 g/mol. The molecule has 2 nitrogen and oxygen atoms in total. The average Bonchev–Trinajstić information content (AvgIpc) is 2.40. The lowest BCUT2D eigenvalue weighted by atomic mass is 10.1. The number of benzene rings is 2. The lowest BCUT2D eigenvalue weighted by molar-refractivity contribution is 0.408. The fraction of sp³-hybridized carbons (Fsp3) is 0.250. The first-order valence-corrected chi connectivity index (χ1v) is 7.14. The number of aryl methyl sites for hydroxylation is 1. The van der Waals surface area contributed by atoms with E-state index in [9.17, 15) is 0 Å². The normalized spacial score (nSPS) is 10.6. The number of nitrogens with one attached hydrogen (secondary N) is 1. The van der Waals surface area contributed by atoms with Crippen molar-refractivity contribution in [3.8, 4) is 5.75 Å². The van der Waals surface area contributed by atoms with Crippen molar-refractivity contribution in [2.24, 2.45) is 0 Å². The molecule has 0 unspecified atom stereocenters. The molecule has 0 saturated carbocycles. The maximum atomic E-state index is 6.11. The van der Waals surface area contributed by atoms with Crippen LogP contribution in [0, 0.1) is 6.92 Å². The Balaban J connectivity index is 2.02. The van der Waals surface area contributed by atoms with Gasteiger partial charge in [0.25, 0.3) is 0 Å². The van der Waals surface area contributed by atoms with E-state index in [1.54, 1.807) is 13.2 Å². The van der Waals surface area contributed by atoms with Crippen LogP contribution < -0.4 is 10.1 Å². The summed E-state index contributed by atoms with van der Waals surface area (Å²) in [4.78, 5) is 0. The standard InChI is InChI=1S/C16H17Cl2NO/c1-11-3-5-12(6-4-11)9-19-10-13-7-14(17)8-15(18)16(13)20-2/h3-8,19H,9-10H2,1-2H3. The van der Waals surface area contributed by atoms with Crippen molar-refractivity contribution < 1.29 is 4.74 Å². The van der Waals surface area contributed by atoms with E-state index >= 15 is 0 Å². The molecular formula is C16H17Cl2NO. The van der Waals surface area contributed by atoms with Gasteiger partial charge in [-0.15, -0.1) is 0 Å². The summed E-state index contributed by atoms with van der Waals surface area (Å²) in [6, 6.07) is 12.0. The summed E-state index contributed by atoms with van der Waals surface area (Å²) in [6.45, 7) is 3.51. The Hall–Kier alpha value is -1.22. The second-order valence-electron chi connectivity index (χ2n) is 4.67. The van der Waals surface area contributed by atoms with Crippen LogP contribution in [0.1, 0.15) is 16.7 Å². The lowest BCUT2D eigenvalue weighted by Crippen LogP contribution is -2.13. The van der Waals surface area contributed by atoms with Crippen molar-refractivity contribution >= 4 is 23.2 Å². The molecule has 1 N–H and O–H groups in total. The third-order valence-corrected chi connectivity index (χ3v) is 3.55. The highest BCUT2D eigenvalue weighted by molar-refractivity contribution is 6.35. The predicted octanol–water partition coefficient (Wildman–Crippen LogP) is 4.60. The SMILES string of the molecule is COc1c(Cl)cc(Cl)cc1CNCc1ccc(C)cc1. The van der Waals surface area contributed by atoms with E-state index in [4.69, 9.17) is 27.9 Å². The fourth-order valence-electron chi connectivity index (χ4n) is 2.02. The van der Waals surface area contributed by atoms with Crippen LogP contribution in [0.2, 0.25) is 10.0 Å². The molecule has 0 amide bonds. The summed E-state index contributed by atoms with van der Waals surface area (Å²) in [5.74, 6) is 0.674. The lowest BCUT2D eigenvalue weighted by Gasteiger charge is -2.12. The van der Waals surface area contributed by atoms with Crippen LogP contribution in [0.4, 0.5) is 0 Å². The number of halogens is 2. The number of ether oxygens (including phenoxy) is 1. The van der Waals surface area contributed by atoms with Gasteiger partial charge in [0.1, 0.15) is 5.75 Å². The minimum absolute atomic E-state index is 0.534. The van der Waals surface area contributed by atoms with Gasteiger partial charge in [-0.25, -0.2) is 0 Å². The van der Waals surface area contributed by atoms with E-state index < -0.39 is 0 Å². The van der Waals surface area contributed by atoms with Crippen molar-refractivity contribution in [2.75, 3.05) is 7.11 Å². The highest BCUT2D eigenvalue weighted by Crippen LogP contribution is 2.32. The van der Waals surface area contributed by atoms with Crippen LogP contribution in [0.15, 0.2) is 36.4 Å². The molecule has 0 saturated heterocycles. The molecule has 2 rings (SSSR count). The van der Waals surface area contributed by atoms with Crippen LogP contribution in [0.3, 0.4) is 0 Å². The molecule has 0 atom stereocenters. The van der Waals surface area contributed by atoms with Crippen LogP contribution in [-0.4, -0.2) is 7.11 Å². The molecule has 106 valence electrons. The molecule has 0 aliphatic carbocycles. The van der Waals surface area contributed by atoms with Gasteiger partial charge < -0.3 is 10.1 Å². The molecule has 0 aromatic heterocycles. The van der Waals surface area contributed by atoms with Gasteiger partial charge in [-0.05, 0) is 24.6 Å². The Kier molecular flexibility index (Phi) is 5.30. The molecule has 2 aromatic rings. The predicted molar refractivity (Wildman–Crippen MR) is 84.7 cm³/mol. The minimum Gasteiger partial charge on any atom is -0.495 e. The Morgan fingerprint density at radius 1 is 1.05 bits per heavy atom. The van der Waals surface area contributed by atoms with E-state index in [0.29, 0.717) is 22.3 Å². The maximum absolute atomic E-state index is 6.11. The summed E-state index contributed by atoms with van der Waals surface area (Å²) in [6.07, 6.45) is 0. The number of hydrogen-bond donors (Lipinski definition) is 1. The van der Waals surface area contributed by atoms with Gasteiger partial charge in [-0.3, -0.25) is 0 Å². The zero-order chi connectivity index (χ0) is 14.5. The van der Waals surface area contributed by atoms with Gasteiger partial charge in [0.15, 0.2) is 0 Å². The third kappa shape index (κ3) is 3.89. The Labute approximate surface area is 129 Å². The fourth-order valence-corrected chi connectivity index (χ4v) is 2.63. The Morgan fingerprint density at radius 2 is 1.75 bits per heavy atom. The number of rotatable bonds is 5. The van der Waals surface area contributed by atoms with E-state index in [-0.39, 0.29) is 0 Å². The smallest absolute Gasteiger partial charge is 0.142 e. The highest BCUT2D eigenvalue weighted by atomic mass is 35.5. The first-order valence-electron chi connectivity index (χ1n) is 6.38. The first-order chi connectivity index (χ1) is 9.60. The molecule has 0 fully saturated rings. The Bertz CT molecular complexity index is 582. The summed E-state index contributed by atoms with van der Waals surface area (Å²) in [5, 5.41) is 4.52. The van der Waals surface area contributed by atoms with Crippen LogP contribution in [0.25, 0.3) is 0 Å². The van der Waals surface area contributed by atoms with E-state index in [2.05, 4.69) is 36.5 Å². The molecule has 0 aliphatic rings. The number of methoxy groups -OCH3 is 1. The number of hydrogen-bond acceptors (Lipinski definition) is 2. The molecule has 20 heavy (non-hydrogen) atoms. The van der Waals surface area contributed by atoms with Crippen LogP contribution in [-0.2, 0) is 13.1 Å². The summed E-state index contributed by atoms with van der Waals surface area (Å²) >= 11 is 12.1. The molecule has 0 bridgehead atoms. The van der Waals surface area contributed by atoms with Crippen LogP contribution in [0.5, 0.6) is 5.75 Å². The van der Waals surface area contributed by atoms with Gasteiger partial charge in [-0.2, -0.15) is 0 Å². The summed E-state index contributed by atoms with van der Waals surface area (Å²) in [7, 11) is 1.61. The zero-order valence-electron chi connectivity index (χ0n) is 11.5. The highest BCUT2D eigenvalue weighted by Gasteiger charge is 2.09. The van der Waals surface area contributed by atoms with Gasteiger partial charge in [0.05, 0.1) is 12.1 Å². The third-order valence-electron chi connectivity index (χ3n) is 3.05.